The fourth-order valence-corrected chi connectivity index (χ4v) is 2.31. The first kappa shape index (κ1) is 17.8. The third kappa shape index (κ3) is 5.19. The molecule has 1 aromatic carbocycles. The Balaban J connectivity index is 2.87. The highest BCUT2D eigenvalue weighted by Crippen LogP contribution is 2.29. The lowest BCUT2D eigenvalue weighted by Crippen LogP contribution is -2.36. The third-order valence-corrected chi connectivity index (χ3v) is 3.66. The standard InChI is InChI=1S/C16H28N2O3/c1-6-18(9-10-19-3)12-15(17-2)14-8-7-13(20-4)11-16(14)21-5/h7-8,11,15,17H,6,9-10,12H2,1-5H3. The number of ether oxygens (including phenoxy) is 3. The third-order valence-electron chi connectivity index (χ3n) is 3.66. The molecule has 1 atom stereocenters. The molecule has 120 valence electrons. The lowest BCUT2D eigenvalue weighted by atomic mass is 10.0. The molecule has 1 aromatic rings. The van der Waals surface area contributed by atoms with E-state index >= 15 is 0 Å². The van der Waals surface area contributed by atoms with Crippen LogP contribution in [0.15, 0.2) is 18.2 Å². The predicted molar refractivity (Wildman–Crippen MR) is 85.3 cm³/mol. The molecule has 0 spiro atoms. The average molecular weight is 296 g/mol. The van der Waals surface area contributed by atoms with Crippen molar-refractivity contribution in [2.24, 2.45) is 0 Å². The maximum atomic E-state index is 5.50. The van der Waals surface area contributed by atoms with E-state index < -0.39 is 0 Å². The second-order valence-corrected chi connectivity index (χ2v) is 4.84. The molecule has 5 heteroatoms. The van der Waals surface area contributed by atoms with E-state index in [1.54, 1.807) is 21.3 Å². The van der Waals surface area contributed by atoms with Gasteiger partial charge in [0.1, 0.15) is 11.5 Å². The van der Waals surface area contributed by atoms with Crippen LogP contribution in [0, 0.1) is 0 Å². The molecule has 1 N–H and O–H groups in total. The summed E-state index contributed by atoms with van der Waals surface area (Å²) in [4.78, 5) is 2.36. The molecule has 0 saturated heterocycles. The molecule has 0 amide bonds. The van der Waals surface area contributed by atoms with E-state index in [0.29, 0.717) is 0 Å². The van der Waals surface area contributed by atoms with Crippen LogP contribution >= 0.6 is 0 Å². The first-order chi connectivity index (χ1) is 10.2. The molecule has 5 nitrogen and oxygen atoms in total. The van der Waals surface area contributed by atoms with Gasteiger partial charge in [-0.2, -0.15) is 0 Å². The number of rotatable bonds is 10. The number of nitrogens with zero attached hydrogens (tertiary/aromatic N) is 1. The lowest BCUT2D eigenvalue weighted by molar-refractivity contribution is 0.144. The Morgan fingerprint density at radius 1 is 1.19 bits per heavy atom. The van der Waals surface area contributed by atoms with Crippen LogP contribution in [0.1, 0.15) is 18.5 Å². The van der Waals surface area contributed by atoms with Crippen LogP contribution in [0.5, 0.6) is 11.5 Å². The molecule has 0 aliphatic heterocycles. The smallest absolute Gasteiger partial charge is 0.127 e. The minimum atomic E-state index is 0.197. The topological polar surface area (TPSA) is 43.0 Å². The summed E-state index contributed by atoms with van der Waals surface area (Å²) in [5, 5.41) is 3.37. The van der Waals surface area contributed by atoms with Gasteiger partial charge in [0.2, 0.25) is 0 Å². The van der Waals surface area contributed by atoms with E-state index in [9.17, 15) is 0 Å². The summed E-state index contributed by atoms with van der Waals surface area (Å²) >= 11 is 0. The van der Waals surface area contributed by atoms with Crippen molar-refractivity contribution < 1.29 is 14.2 Å². The summed E-state index contributed by atoms with van der Waals surface area (Å²) in [7, 11) is 7.05. The number of likely N-dealkylation sites (N-methyl/N-ethyl adjacent to an activating group) is 2. The van der Waals surface area contributed by atoms with Crippen molar-refractivity contribution >= 4 is 0 Å². The molecule has 0 aliphatic rings. The Kier molecular flexibility index (Phi) is 8.12. The molecule has 0 radical (unpaired) electrons. The number of methoxy groups -OCH3 is 3. The van der Waals surface area contributed by atoms with Crippen LogP contribution in [-0.2, 0) is 4.74 Å². The number of benzene rings is 1. The van der Waals surface area contributed by atoms with Crippen LogP contribution < -0.4 is 14.8 Å². The molecular weight excluding hydrogens is 268 g/mol. The van der Waals surface area contributed by atoms with Gasteiger partial charge in [0.05, 0.1) is 20.8 Å². The Bertz CT molecular complexity index is 413. The van der Waals surface area contributed by atoms with Gasteiger partial charge in [-0.15, -0.1) is 0 Å². The van der Waals surface area contributed by atoms with E-state index in [-0.39, 0.29) is 6.04 Å². The van der Waals surface area contributed by atoms with Crippen LogP contribution in [0.2, 0.25) is 0 Å². The van der Waals surface area contributed by atoms with Crippen molar-refractivity contribution in [1.82, 2.24) is 10.2 Å². The summed E-state index contributed by atoms with van der Waals surface area (Å²) in [5.41, 5.74) is 1.14. The van der Waals surface area contributed by atoms with E-state index in [4.69, 9.17) is 14.2 Å². The van der Waals surface area contributed by atoms with Gasteiger partial charge in [0.25, 0.3) is 0 Å². The normalized spacial score (nSPS) is 12.5. The van der Waals surface area contributed by atoms with Gasteiger partial charge >= 0.3 is 0 Å². The highest BCUT2D eigenvalue weighted by Gasteiger charge is 2.18. The zero-order chi connectivity index (χ0) is 15.7. The van der Waals surface area contributed by atoms with Crippen molar-refractivity contribution in [2.75, 3.05) is 54.6 Å². The van der Waals surface area contributed by atoms with Crippen molar-refractivity contribution in [1.29, 1.82) is 0 Å². The van der Waals surface area contributed by atoms with Crippen molar-refractivity contribution in [2.45, 2.75) is 13.0 Å². The SMILES string of the molecule is CCN(CCOC)CC(NC)c1ccc(OC)cc1OC. The van der Waals surface area contributed by atoms with Gasteiger partial charge in [-0.25, -0.2) is 0 Å². The van der Waals surface area contributed by atoms with Gasteiger partial charge in [0, 0.05) is 37.9 Å². The Morgan fingerprint density at radius 2 is 1.95 bits per heavy atom. The number of hydrogen-bond acceptors (Lipinski definition) is 5. The van der Waals surface area contributed by atoms with Crippen molar-refractivity contribution in [3.05, 3.63) is 23.8 Å². The summed E-state index contributed by atoms with van der Waals surface area (Å²) in [5.74, 6) is 1.65. The summed E-state index contributed by atoms with van der Waals surface area (Å²) < 4.78 is 15.9. The van der Waals surface area contributed by atoms with Crippen LogP contribution in [0.4, 0.5) is 0 Å². The lowest BCUT2D eigenvalue weighted by Gasteiger charge is -2.27. The highest BCUT2D eigenvalue weighted by molar-refractivity contribution is 5.42. The van der Waals surface area contributed by atoms with Gasteiger partial charge in [0.15, 0.2) is 0 Å². The maximum Gasteiger partial charge on any atom is 0.127 e. The van der Waals surface area contributed by atoms with Crippen LogP contribution in [0.3, 0.4) is 0 Å². The van der Waals surface area contributed by atoms with E-state index in [2.05, 4.69) is 23.2 Å². The van der Waals surface area contributed by atoms with Gasteiger partial charge in [-0.05, 0) is 19.7 Å². The summed E-state index contributed by atoms with van der Waals surface area (Å²) in [6, 6.07) is 6.14. The average Bonchev–Trinajstić information content (AvgIpc) is 2.54. The fourth-order valence-electron chi connectivity index (χ4n) is 2.31. The van der Waals surface area contributed by atoms with Crippen LogP contribution in [-0.4, -0.2) is 59.5 Å². The van der Waals surface area contributed by atoms with Gasteiger partial charge < -0.3 is 19.5 Å². The maximum absolute atomic E-state index is 5.50. The fraction of sp³-hybridized carbons (Fsp3) is 0.625. The first-order valence-electron chi connectivity index (χ1n) is 7.30. The number of hydrogen-bond donors (Lipinski definition) is 1. The van der Waals surface area contributed by atoms with Crippen molar-refractivity contribution in [3.8, 4) is 11.5 Å². The predicted octanol–water partition coefficient (Wildman–Crippen LogP) is 1.93. The molecule has 1 rings (SSSR count). The largest absolute Gasteiger partial charge is 0.497 e. The first-order valence-corrected chi connectivity index (χ1v) is 7.30. The molecule has 0 saturated carbocycles. The summed E-state index contributed by atoms with van der Waals surface area (Å²) in [6.45, 7) is 5.71. The van der Waals surface area contributed by atoms with Crippen LogP contribution in [0.25, 0.3) is 0 Å². The van der Waals surface area contributed by atoms with E-state index in [1.807, 2.05) is 19.2 Å². The minimum Gasteiger partial charge on any atom is -0.497 e. The molecular formula is C16H28N2O3. The zero-order valence-electron chi connectivity index (χ0n) is 13.8. The van der Waals surface area contributed by atoms with Crippen molar-refractivity contribution in [3.63, 3.8) is 0 Å². The molecule has 0 bridgehead atoms. The Hall–Kier alpha value is -1.30. The monoisotopic (exact) mass is 296 g/mol. The minimum absolute atomic E-state index is 0.197. The second-order valence-electron chi connectivity index (χ2n) is 4.84. The van der Waals surface area contributed by atoms with E-state index in [1.165, 1.54) is 0 Å². The molecule has 0 heterocycles. The van der Waals surface area contributed by atoms with Gasteiger partial charge in [-0.3, -0.25) is 4.90 Å². The Labute approximate surface area is 128 Å². The molecule has 21 heavy (non-hydrogen) atoms. The molecule has 0 aliphatic carbocycles. The van der Waals surface area contributed by atoms with E-state index in [0.717, 1.165) is 43.3 Å². The molecule has 0 aromatic heterocycles. The zero-order valence-corrected chi connectivity index (χ0v) is 13.8. The summed E-state index contributed by atoms with van der Waals surface area (Å²) in [6.07, 6.45) is 0. The quantitative estimate of drug-likeness (QED) is 0.715. The molecule has 0 fully saturated rings. The Morgan fingerprint density at radius 3 is 2.48 bits per heavy atom. The highest BCUT2D eigenvalue weighted by atomic mass is 16.5. The van der Waals surface area contributed by atoms with Gasteiger partial charge in [-0.1, -0.05) is 13.0 Å². The number of nitrogens with one attached hydrogen (secondary N) is 1. The second kappa shape index (κ2) is 9.60. The molecule has 1 unspecified atom stereocenters.